The molecule has 0 radical (unpaired) electrons. The van der Waals surface area contributed by atoms with Gasteiger partial charge in [-0.25, -0.2) is 27.2 Å². The number of phenolic OH excluding ortho intramolecular Hbond substituents is 1. The first kappa shape index (κ1) is 48.0. The minimum Gasteiger partial charge on any atom is -0.871 e. The van der Waals surface area contributed by atoms with E-state index in [0.717, 1.165) is 16.9 Å². The fraction of sp³-hybridized carbons (Fsp3) is 0.118. The van der Waals surface area contributed by atoms with Gasteiger partial charge in [0.2, 0.25) is 10.0 Å². The van der Waals surface area contributed by atoms with Gasteiger partial charge in [-0.05, 0) is 99.8 Å². The second-order valence-electron chi connectivity index (χ2n) is 11.6. The summed E-state index contributed by atoms with van der Waals surface area (Å²) in [7, 11) is -4.69. The predicted octanol–water partition coefficient (Wildman–Crippen LogP) is 1.66. The van der Waals surface area contributed by atoms with E-state index >= 15 is 0 Å². The maximum absolute atomic E-state index is 12.6. The first-order valence-corrected chi connectivity index (χ1v) is 19.8. The van der Waals surface area contributed by atoms with E-state index in [1.54, 1.807) is 62.4 Å². The summed E-state index contributed by atoms with van der Waals surface area (Å²) >= 11 is 11.7. The van der Waals surface area contributed by atoms with Crippen LogP contribution < -0.4 is 55.2 Å². The predicted molar refractivity (Wildman–Crippen MR) is 206 cm³/mol. The number of aryl methyl sites for hydroxylation is 2. The zero-order valence-electron chi connectivity index (χ0n) is 31.1. The molecule has 2 aromatic heterocycles. The number of sulfonamides is 2. The van der Waals surface area contributed by atoms with Crippen molar-refractivity contribution in [2.75, 3.05) is 14.1 Å². The number of phenols is 1. The van der Waals surface area contributed by atoms with Crippen molar-refractivity contribution in [3.63, 3.8) is 0 Å². The number of H-pyrrole nitrogens is 2. The number of hydrogen-bond donors (Lipinski definition) is 5. The zero-order valence-corrected chi connectivity index (χ0v) is 37.5. The number of nitrogens with one attached hydrogen (secondary N) is 3. The van der Waals surface area contributed by atoms with E-state index in [-0.39, 0.29) is 85.2 Å². The first-order valence-electron chi connectivity index (χ1n) is 16.1. The molecule has 0 saturated heterocycles. The third kappa shape index (κ3) is 11.0. The Balaban J connectivity index is 0.000000300. The van der Waals surface area contributed by atoms with Crippen molar-refractivity contribution >= 4 is 66.0 Å². The van der Waals surface area contributed by atoms with Gasteiger partial charge in [-0.15, -0.1) is 15.3 Å². The van der Waals surface area contributed by atoms with Gasteiger partial charge in [-0.1, -0.05) is 35.0 Å². The Kier molecular flexibility index (Phi) is 16.6. The Labute approximate surface area is 374 Å². The van der Waals surface area contributed by atoms with E-state index in [0.29, 0.717) is 32.8 Å². The van der Waals surface area contributed by atoms with Crippen molar-refractivity contribution in [2.45, 2.75) is 23.6 Å². The summed E-state index contributed by atoms with van der Waals surface area (Å²) in [6.45, 7) is 3.27. The quantitative estimate of drug-likeness (QED) is 0.0995. The molecular formula is C34H32Cl2CrN10NaO8S2+. The van der Waals surface area contributed by atoms with Gasteiger partial charge in [0.25, 0.3) is 11.1 Å². The van der Waals surface area contributed by atoms with Gasteiger partial charge in [0.1, 0.15) is 16.3 Å². The van der Waals surface area contributed by atoms with Crippen LogP contribution in [0, 0.1) is 13.8 Å². The Morgan fingerprint density at radius 1 is 0.707 bits per heavy atom. The summed E-state index contributed by atoms with van der Waals surface area (Å²) < 4.78 is 53.4. The second-order valence-corrected chi connectivity index (χ2v) is 16.4. The third-order valence-corrected chi connectivity index (χ3v) is 11.3. The molecule has 4 aromatic carbocycles. The fourth-order valence-electron chi connectivity index (χ4n) is 4.82. The Hall–Kier alpha value is -4.37. The summed E-state index contributed by atoms with van der Waals surface area (Å²) in [5.41, 5.74) is 0.822. The maximum Gasteiger partial charge on any atom is 1.00 e. The van der Waals surface area contributed by atoms with Crippen LogP contribution in [0.1, 0.15) is 11.4 Å². The maximum atomic E-state index is 12.6. The fourth-order valence-corrected chi connectivity index (χ4v) is 6.63. The Bertz CT molecular complexity index is 2630. The van der Waals surface area contributed by atoms with Crippen LogP contribution in [-0.2, 0) is 37.4 Å². The van der Waals surface area contributed by atoms with E-state index in [2.05, 4.69) is 35.4 Å². The SMILES string of the molecule is CNS(=O)(=O)c1ccc([O-])c(N=Nc2c(C)[nH]n(-c3ccc(Cl)cc3)c2=O)c1.C[NH2+]S(=O)(=O)c1ccc(O)c(N=Nc2c(C)[nH]n(-c3ccc(Cl)cc3)c2=O)c1.[Cr].[Na+]. The van der Waals surface area contributed by atoms with Crippen LogP contribution in [0.15, 0.2) is 125 Å². The van der Waals surface area contributed by atoms with Gasteiger partial charge < -0.3 is 10.2 Å². The normalized spacial score (nSPS) is 11.6. The van der Waals surface area contributed by atoms with Crippen LogP contribution in [0.4, 0.5) is 22.7 Å². The van der Waals surface area contributed by atoms with E-state index in [1.807, 2.05) is 0 Å². The number of aromatic hydroxyl groups is 1. The molecule has 0 aliphatic carbocycles. The molecule has 0 saturated carbocycles. The van der Waals surface area contributed by atoms with Crippen LogP contribution in [0.25, 0.3) is 11.4 Å². The molecule has 58 heavy (non-hydrogen) atoms. The number of quaternary nitrogens is 1. The van der Waals surface area contributed by atoms with E-state index in [4.69, 9.17) is 23.2 Å². The van der Waals surface area contributed by atoms with E-state index in [1.165, 1.54) is 47.7 Å². The number of aromatic nitrogens is 4. The monoisotopic (exact) mass is 917 g/mol. The van der Waals surface area contributed by atoms with Gasteiger partial charge in [0.15, 0.2) is 11.4 Å². The Morgan fingerprint density at radius 2 is 1.14 bits per heavy atom. The number of azo groups is 2. The van der Waals surface area contributed by atoms with E-state index < -0.39 is 36.9 Å². The zero-order chi connectivity index (χ0) is 40.9. The van der Waals surface area contributed by atoms with Crippen LogP contribution >= 0.6 is 23.2 Å². The molecule has 2 heterocycles. The van der Waals surface area contributed by atoms with Crippen LogP contribution in [0.3, 0.4) is 0 Å². The first-order chi connectivity index (χ1) is 26.4. The Morgan fingerprint density at radius 3 is 1.59 bits per heavy atom. The van der Waals surface area contributed by atoms with Crippen molar-refractivity contribution in [2.24, 2.45) is 20.5 Å². The molecular weight excluding hydrogens is 886 g/mol. The molecule has 6 N–H and O–H groups in total. The molecule has 0 aliphatic rings. The summed E-state index contributed by atoms with van der Waals surface area (Å²) in [6, 6.07) is 20.2. The molecule has 0 unspecified atom stereocenters. The van der Waals surface area contributed by atoms with Gasteiger partial charge in [-0.2, -0.15) is 13.5 Å². The average molecular weight is 919 g/mol. The average Bonchev–Trinajstić information content (AvgIpc) is 3.62. The molecule has 24 heteroatoms. The molecule has 0 bridgehead atoms. The smallest absolute Gasteiger partial charge is 0.871 e. The minimum atomic E-state index is -3.75. The number of halogens is 2. The number of nitrogens with zero attached hydrogens (tertiary/aromatic N) is 6. The van der Waals surface area contributed by atoms with Crippen molar-refractivity contribution in [3.8, 4) is 22.9 Å². The van der Waals surface area contributed by atoms with Crippen LogP contribution in [-0.4, -0.2) is 55.6 Å². The third-order valence-electron chi connectivity index (χ3n) is 7.86. The summed E-state index contributed by atoms with van der Waals surface area (Å²) in [5, 5.41) is 44.2. The van der Waals surface area contributed by atoms with Crippen LogP contribution in [0.5, 0.6) is 11.5 Å². The molecule has 18 nitrogen and oxygen atoms in total. The molecule has 298 valence electrons. The number of aromatic amines is 2. The molecule has 0 fully saturated rings. The number of benzene rings is 4. The van der Waals surface area contributed by atoms with Crippen molar-refractivity contribution in [1.29, 1.82) is 0 Å². The minimum absolute atomic E-state index is 0. The molecule has 0 atom stereocenters. The molecule has 0 spiro atoms. The van der Waals surface area contributed by atoms with Gasteiger partial charge in [-0.3, -0.25) is 19.8 Å². The molecule has 0 aliphatic heterocycles. The number of nitrogens with two attached hydrogens (primary N) is 1. The van der Waals surface area contributed by atoms with Gasteiger partial charge in [0.05, 0.1) is 40.4 Å². The van der Waals surface area contributed by atoms with Crippen molar-refractivity contribution < 1.29 is 78.7 Å². The summed E-state index contributed by atoms with van der Waals surface area (Å²) in [5.74, 6) is -0.782. The topological polar surface area (TPSA) is 265 Å². The number of primary sulfonamides is 1. The van der Waals surface area contributed by atoms with Crippen LogP contribution in [0.2, 0.25) is 10.0 Å². The molecule has 0 amide bonds. The van der Waals surface area contributed by atoms with E-state index in [9.17, 15) is 36.6 Å². The molecule has 6 rings (SSSR count). The van der Waals surface area contributed by atoms with Crippen molar-refractivity contribution in [1.82, 2.24) is 24.3 Å². The summed E-state index contributed by atoms with van der Waals surface area (Å²) in [6.07, 6.45) is 0. The molecule has 6 aromatic rings. The largest absolute Gasteiger partial charge is 1.00 e. The number of hydrogen-bond acceptors (Lipinski definition) is 12. The van der Waals surface area contributed by atoms with Gasteiger partial charge in [0, 0.05) is 27.4 Å². The van der Waals surface area contributed by atoms with Gasteiger partial charge >= 0.3 is 39.6 Å². The number of rotatable bonds is 10. The summed E-state index contributed by atoms with van der Waals surface area (Å²) in [4.78, 5) is 25.1. The standard InChI is InChI=1S/2C17H16ClN5O4S.Cr.Na/c2*1-10-16(17(25)23(22-10)12-5-3-11(18)4-6-12)21-20-14-9-13(7-8-15(14)24)28(26,27)19-2;;/h2*3-9,19,22,24H,1-2H3;;/q;;;+1. The van der Waals surface area contributed by atoms with Crippen molar-refractivity contribution in [3.05, 3.63) is 127 Å². The second kappa shape index (κ2) is 20.1.